The van der Waals surface area contributed by atoms with Crippen molar-refractivity contribution in [2.24, 2.45) is 0 Å². The molecule has 2 heterocycles. The minimum Gasteiger partial charge on any atom is -0.497 e. The summed E-state index contributed by atoms with van der Waals surface area (Å²) in [6.07, 6.45) is 5.42. The molecule has 1 aliphatic rings. The SMILES string of the molecule is CCC(c1nnnn1-c1ccc(OC)cc1)N1CCN(C/C=C/c2ccccc2)CC1. The number of aromatic nitrogens is 4. The van der Waals surface area contributed by atoms with E-state index in [1.54, 1.807) is 7.11 Å². The van der Waals surface area contributed by atoms with Crippen molar-refractivity contribution in [1.29, 1.82) is 0 Å². The molecule has 2 aromatic carbocycles. The van der Waals surface area contributed by atoms with E-state index in [0.717, 1.165) is 56.4 Å². The highest BCUT2D eigenvalue weighted by Crippen LogP contribution is 2.25. The average Bonchev–Trinajstić information content (AvgIpc) is 3.31. The number of hydrogen-bond donors (Lipinski definition) is 0. The Hall–Kier alpha value is -3.03. The zero-order chi connectivity index (χ0) is 21.5. The number of piperazine rings is 1. The van der Waals surface area contributed by atoms with Gasteiger partial charge < -0.3 is 4.74 Å². The van der Waals surface area contributed by atoms with Crippen molar-refractivity contribution in [3.8, 4) is 11.4 Å². The first kappa shape index (κ1) is 21.2. The first-order chi connectivity index (χ1) is 15.3. The van der Waals surface area contributed by atoms with E-state index in [9.17, 15) is 0 Å². The molecule has 1 aliphatic heterocycles. The number of nitrogens with zero attached hydrogens (tertiary/aromatic N) is 6. The lowest BCUT2D eigenvalue weighted by molar-refractivity contribution is 0.0960. The monoisotopic (exact) mass is 418 g/mol. The molecule has 1 unspecified atom stereocenters. The molecule has 4 rings (SSSR count). The first-order valence-corrected chi connectivity index (χ1v) is 10.9. The van der Waals surface area contributed by atoms with Crippen molar-refractivity contribution in [3.63, 3.8) is 0 Å². The summed E-state index contributed by atoms with van der Waals surface area (Å²) in [5.41, 5.74) is 2.20. The lowest BCUT2D eigenvalue weighted by Crippen LogP contribution is -2.47. The standard InChI is InChI=1S/C24H30N6O/c1-3-23(24-25-26-27-30(24)21-11-13-22(31-2)14-12-21)29-18-16-28(17-19-29)15-7-10-20-8-5-4-6-9-20/h4-14,23H,3,15-19H2,1-2H3/b10-7+. The van der Waals surface area contributed by atoms with Crippen LogP contribution in [0.1, 0.15) is 30.8 Å². The van der Waals surface area contributed by atoms with E-state index in [2.05, 4.69) is 68.7 Å². The Bertz CT molecular complexity index is 961. The minimum atomic E-state index is 0.194. The van der Waals surface area contributed by atoms with Gasteiger partial charge in [0.1, 0.15) is 5.75 Å². The maximum Gasteiger partial charge on any atom is 0.173 e. The summed E-state index contributed by atoms with van der Waals surface area (Å²) in [5, 5.41) is 12.6. The molecule has 0 spiro atoms. The summed E-state index contributed by atoms with van der Waals surface area (Å²) in [7, 11) is 1.67. The highest BCUT2D eigenvalue weighted by Gasteiger charge is 2.28. The molecule has 0 radical (unpaired) electrons. The third kappa shape index (κ3) is 5.18. The number of hydrogen-bond acceptors (Lipinski definition) is 6. The molecule has 1 atom stereocenters. The van der Waals surface area contributed by atoms with E-state index in [1.807, 2.05) is 35.0 Å². The van der Waals surface area contributed by atoms with Crippen LogP contribution in [0.25, 0.3) is 11.8 Å². The Morgan fingerprint density at radius 2 is 1.74 bits per heavy atom. The third-order valence-electron chi connectivity index (χ3n) is 5.82. The fraction of sp³-hybridized carbons (Fsp3) is 0.375. The van der Waals surface area contributed by atoms with Gasteiger partial charge in [-0.2, -0.15) is 4.68 Å². The molecule has 0 saturated carbocycles. The highest BCUT2D eigenvalue weighted by atomic mass is 16.5. The molecule has 3 aromatic rings. The molecule has 0 aliphatic carbocycles. The molecule has 7 heteroatoms. The van der Waals surface area contributed by atoms with Gasteiger partial charge in [-0.15, -0.1) is 5.10 Å². The fourth-order valence-corrected chi connectivity index (χ4v) is 4.07. The van der Waals surface area contributed by atoms with E-state index >= 15 is 0 Å². The quantitative estimate of drug-likeness (QED) is 0.558. The smallest absolute Gasteiger partial charge is 0.173 e. The maximum atomic E-state index is 5.27. The van der Waals surface area contributed by atoms with E-state index < -0.39 is 0 Å². The second-order valence-corrected chi connectivity index (χ2v) is 7.72. The molecule has 0 N–H and O–H groups in total. The van der Waals surface area contributed by atoms with E-state index in [0.29, 0.717) is 0 Å². The van der Waals surface area contributed by atoms with E-state index in [-0.39, 0.29) is 6.04 Å². The van der Waals surface area contributed by atoms with E-state index in [1.165, 1.54) is 5.56 Å². The van der Waals surface area contributed by atoms with Gasteiger partial charge in [-0.1, -0.05) is 49.4 Å². The number of rotatable bonds is 8. The molecule has 1 fully saturated rings. The largest absolute Gasteiger partial charge is 0.497 e. The zero-order valence-corrected chi connectivity index (χ0v) is 18.3. The molecular weight excluding hydrogens is 388 g/mol. The molecule has 0 amide bonds. The molecule has 162 valence electrons. The van der Waals surface area contributed by atoms with Crippen molar-refractivity contribution in [1.82, 2.24) is 30.0 Å². The summed E-state index contributed by atoms with van der Waals surface area (Å²) in [6.45, 7) is 7.27. The van der Waals surface area contributed by atoms with E-state index in [4.69, 9.17) is 4.74 Å². The lowest BCUT2D eigenvalue weighted by atomic mass is 10.1. The van der Waals surface area contributed by atoms with Crippen LogP contribution in [0, 0.1) is 0 Å². The minimum absolute atomic E-state index is 0.194. The van der Waals surface area contributed by atoms with Crippen LogP contribution in [-0.4, -0.2) is 69.8 Å². The van der Waals surface area contributed by atoms with Gasteiger partial charge in [0.15, 0.2) is 5.82 Å². The normalized spacial score (nSPS) is 16.6. The van der Waals surface area contributed by atoms with Crippen LogP contribution >= 0.6 is 0 Å². The van der Waals surface area contributed by atoms with Gasteiger partial charge in [-0.3, -0.25) is 9.80 Å². The highest BCUT2D eigenvalue weighted by molar-refractivity contribution is 5.48. The van der Waals surface area contributed by atoms with Crippen LogP contribution in [0.15, 0.2) is 60.7 Å². The molecular formula is C24H30N6O. The first-order valence-electron chi connectivity index (χ1n) is 10.9. The second kappa shape index (κ2) is 10.3. The van der Waals surface area contributed by atoms with Crippen LogP contribution in [-0.2, 0) is 0 Å². The summed E-state index contributed by atoms with van der Waals surface area (Å²) in [5.74, 6) is 1.72. The van der Waals surface area contributed by atoms with Gasteiger partial charge in [-0.25, -0.2) is 0 Å². The van der Waals surface area contributed by atoms with Gasteiger partial charge in [0.05, 0.1) is 18.8 Å². The van der Waals surface area contributed by atoms with Crippen molar-refractivity contribution in [2.75, 3.05) is 39.8 Å². The van der Waals surface area contributed by atoms with Gasteiger partial charge in [0.2, 0.25) is 0 Å². The Labute approximate surface area is 183 Å². The average molecular weight is 419 g/mol. The van der Waals surface area contributed by atoms with Crippen LogP contribution in [0.4, 0.5) is 0 Å². The molecule has 7 nitrogen and oxygen atoms in total. The lowest BCUT2D eigenvalue weighted by Gasteiger charge is -2.38. The van der Waals surface area contributed by atoms with Gasteiger partial charge in [0.25, 0.3) is 0 Å². The van der Waals surface area contributed by atoms with Crippen molar-refractivity contribution >= 4 is 6.08 Å². The summed E-state index contributed by atoms with van der Waals surface area (Å²) >= 11 is 0. The van der Waals surface area contributed by atoms with Crippen molar-refractivity contribution in [3.05, 3.63) is 72.1 Å². The van der Waals surface area contributed by atoms with Crippen LogP contribution < -0.4 is 4.74 Å². The second-order valence-electron chi connectivity index (χ2n) is 7.72. The van der Waals surface area contributed by atoms with Crippen molar-refractivity contribution in [2.45, 2.75) is 19.4 Å². The van der Waals surface area contributed by atoms with Crippen LogP contribution in [0.3, 0.4) is 0 Å². The number of benzene rings is 2. The maximum absolute atomic E-state index is 5.27. The number of methoxy groups -OCH3 is 1. The summed E-state index contributed by atoms with van der Waals surface area (Å²) in [4.78, 5) is 5.00. The predicted octanol–water partition coefficient (Wildman–Crippen LogP) is 3.45. The van der Waals surface area contributed by atoms with Gasteiger partial charge in [0, 0.05) is 32.7 Å². The Morgan fingerprint density at radius 1 is 1.00 bits per heavy atom. The third-order valence-corrected chi connectivity index (χ3v) is 5.82. The molecule has 0 bridgehead atoms. The number of ether oxygens (including phenoxy) is 1. The van der Waals surface area contributed by atoms with Crippen LogP contribution in [0.5, 0.6) is 5.75 Å². The summed E-state index contributed by atoms with van der Waals surface area (Å²) < 4.78 is 7.11. The summed E-state index contributed by atoms with van der Waals surface area (Å²) in [6, 6.07) is 18.5. The van der Waals surface area contributed by atoms with Gasteiger partial charge >= 0.3 is 0 Å². The number of tetrazole rings is 1. The Balaban J connectivity index is 1.37. The molecule has 1 aromatic heterocycles. The van der Waals surface area contributed by atoms with Crippen molar-refractivity contribution < 1.29 is 4.74 Å². The topological polar surface area (TPSA) is 59.3 Å². The predicted molar refractivity (Wildman–Crippen MR) is 122 cm³/mol. The molecule has 31 heavy (non-hydrogen) atoms. The van der Waals surface area contributed by atoms with Crippen LogP contribution in [0.2, 0.25) is 0 Å². The fourth-order valence-electron chi connectivity index (χ4n) is 4.07. The Morgan fingerprint density at radius 3 is 2.42 bits per heavy atom. The molecule has 1 saturated heterocycles. The van der Waals surface area contributed by atoms with Gasteiger partial charge in [-0.05, 0) is 46.7 Å². The zero-order valence-electron chi connectivity index (χ0n) is 18.3. The Kier molecular flexibility index (Phi) is 7.07.